The number of β-amino-alcohol motifs (C(OH)–C–C–N with tert-alkyl or cyclic N) is 1. The molecular weight excluding hydrogens is 456 g/mol. The summed E-state index contributed by atoms with van der Waals surface area (Å²) in [4.78, 5) is 19.2. The van der Waals surface area contributed by atoms with Crippen LogP contribution in [0.3, 0.4) is 0 Å². The van der Waals surface area contributed by atoms with Gasteiger partial charge in [0.1, 0.15) is 5.75 Å². The quantitative estimate of drug-likeness (QED) is 0.520. The SMILES string of the molecule is N#CC1CCC1Nc1cc(C(=O)Nc2ccc(OC(F)(F)Cl)cc2)cnc1N1CC[C@@H](O)C1. The monoisotopic (exact) mass is 477 g/mol. The minimum absolute atomic E-state index is 0.0333. The first kappa shape index (κ1) is 23.0. The molecule has 1 aromatic heterocycles. The Balaban J connectivity index is 1.51. The van der Waals surface area contributed by atoms with Crippen LogP contribution >= 0.6 is 11.6 Å². The molecule has 174 valence electrons. The minimum Gasteiger partial charge on any atom is -0.420 e. The Morgan fingerprint density at radius 3 is 2.64 bits per heavy atom. The van der Waals surface area contributed by atoms with Crippen LogP contribution in [-0.4, -0.2) is 46.8 Å². The summed E-state index contributed by atoms with van der Waals surface area (Å²) in [5.41, 5.74) is -2.55. The van der Waals surface area contributed by atoms with Gasteiger partial charge in [-0.1, -0.05) is 0 Å². The van der Waals surface area contributed by atoms with Gasteiger partial charge in [0, 0.05) is 42.6 Å². The van der Waals surface area contributed by atoms with Gasteiger partial charge in [-0.15, -0.1) is 8.78 Å². The highest BCUT2D eigenvalue weighted by Crippen LogP contribution is 2.34. The van der Waals surface area contributed by atoms with Gasteiger partial charge in [0.05, 0.1) is 29.3 Å². The van der Waals surface area contributed by atoms with Gasteiger partial charge in [0.15, 0.2) is 5.82 Å². The molecule has 8 nitrogen and oxygen atoms in total. The summed E-state index contributed by atoms with van der Waals surface area (Å²) in [6, 6.07) is 9.25. The van der Waals surface area contributed by atoms with Crippen LogP contribution < -0.4 is 20.3 Å². The van der Waals surface area contributed by atoms with Crippen molar-refractivity contribution in [1.29, 1.82) is 5.26 Å². The van der Waals surface area contributed by atoms with Gasteiger partial charge in [-0.05, 0) is 49.6 Å². The van der Waals surface area contributed by atoms with Crippen LogP contribution in [0.4, 0.5) is 26.0 Å². The Morgan fingerprint density at radius 1 is 1.30 bits per heavy atom. The van der Waals surface area contributed by atoms with Crippen molar-refractivity contribution in [2.45, 2.75) is 37.0 Å². The van der Waals surface area contributed by atoms with E-state index in [1.807, 2.05) is 4.90 Å². The van der Waals surface area contributed by atoms with E-state index < -0.39 is 17.6 Å². The summed E-state index contributed by atoms with van der Waals surface area (Å²) in [6.07, 6.45) is 3.28. The molecule has 2 aliphatic rings. The molecule has 2 heterocycles. The van der Waals surface area contributed by atoms with Crippen molar-refractivity contribution in [3.63, 3.8) is 0 Å². The standard InChI is InChI=1S/C22H22ClF2N5O3/c23-22(24,25)33-17-4-2-15(3-5-17)28-21(32)14-9-19(29-18-6-1-13(18)10-26)20(27-11-14)30-8-7-16(31)12-30/h2-5,9,11,13,16,18,29,31H,1,6-8,12H2,(H,28,32)/t13?,16-,18?/m1/s1. The molecule has 0 bridgehead atoms. The van der Waals surface area contributed by atoms with Crippen molar-refractivity contribution in [3.05, 3.63) is 42.1 Å². The van der Waals surface area contributed by atoms with E-state index in [0.717, 1.165) is 12.8 Å². The van der Waals surface area contributed by atoms with E-state index in [9.17, 15) is 23.9 Å². The number of ether oxygens (including phenoxy) is 1. The van der Waals surface area contributed by atoms with Gasteiger partial charge >= 0.3 is 5.57 Å². The van der Waals surface area contributed by atoms with Crippen molar-refractivity contribution in [3.8, 4) is 11.8 Å². The highest BCUT2D eigenvalue weighted by Gasteiger charge is 2.33. The van der Waals surface area contributed by atoms with Crippen LogP contribution in [-0.2, 0) is 0 Å². The number of alkyl halides is 3. The maximum absolute atomic E-state index is 12.8. The molecule has 11 heteroatoms. The summed E-state index contributed by atoms with van der Waals surface area (Å²) in [5.74, 6) is -0.0815. The van der Waals surface area contributed by atoms with Crippen LogP contribution in [0.15, 0.2) is 36.5 Å². The first-order valence-corrected chi connectivity index (χ1v) is 10.9. The van der Waals surface area contributed by atoms with Crippen LogP contribution in [0, 0.1) is 17.2 Å². The van der Waals surface area contributed by atoms with Crippen LogP contribution in [0.2, 0.25) is 0 Å². The average molecular weight is 478 g/mol. The molecule has 1 aromatic carbocycles. The summed E-state index contributed by atoms with van der Waals surface area (Å²) in [5, 5.41) is 25.2. The second kappa shape index (κ2) is 9.37. The lowest BCUT2D eigenvalue weighted by Gasteiger charge is -2.34. The van der Waals surface area contributed by atoms with E-state index in [0.29, 0.717) is 36.7 Å². The molecule has 1 saturated heterocycles. The fourth-order valence-corrected chi connectivity index (χ4v) is 3.93. The van der Waals surface area contributed by atoms with Crippen molar-refractivity contribution in [2.24, 2.45) is 5.92 Å². The Labute approximate surface area is 194 Å². The van der Waals surface area contributed by atoms with Gasteiger partial charge in [-0.2, -0.15) is 5.26 Å². The van der Waals surface area contributed by atoms with Gasteiger partial charge in [-0.3, -0.25) is 4.79 Å². The van der Waals surface area contributed by atoms with Gasteiger partial charge in [0.2, 0.25) is 0 Å². The number of nitrogens with one attached hydrogen (secondary N) is 2. The molecule has 0 radical (unpaired) electrons. The molecule has 0 spiro atoms. The number of nitrogens with zero attached hydrogens (tertiary/aromatic N) is 3. The molecule has 3 atom stereocenters. The van der Waals surface area contributed by atoms with Gasteiger partial charge in [0.25, 0.3) is 5.91 Å². The number of aliphatic hydroxyl groups excluding tert-OH is 1. The molecular formula is C22H22ClF2N5O3. The number of hydrogen-bond donors (Lipinski definition) is 3. The fraction of sp³-hybridized carbons (Fsp3) is 0.409. The van der Waals surface area contributed by atoms with Crippen LogP contribution in [0.25, 0.3) is 0 Å². The minimum atomic E-state index is -3.82. The number of aromatic nitrogens is 1. The first-order chi connectivity index (χ1) is 15.7. The molecule has 4 rings (SSSR count). The molecule has 1 saturated carbocycles. The summed E-state index contributed by atoms with van der Waals surface area (Å²) >= 11 is 4.75. The number of nitriles is 1. The van der Waals surface area contributed by atoms with Gasteiger partial charge in [-0.25, -0.2) is 4.98 Å². The Kier molecular flexibility index (Phi) is 6.54. The second-order valence-corrected chi connectivity index (χ2v) is 8.51. The molecule has 3 N–H and O–H groups in total. The lowest BCUT2D eigenvalue weighted by atomic mass is 9.80. The van der Waals surface area contributed by atoms with Crippen LogP contribution in [0.1, 0.15) is 29.6 Å². The molecule has 1 aliphatic heterocycles. The maximum atomic E-state index is 12.8. The number of pyridine rings is 1. The van der Waals surface area contributed by atoms with Crippen molar-refractivity contribution in [2.75, 3.05) is 28.6 Å². The Hall–Kier alpha value is -3.16. The summed E-state index contributed by atoms with van der Waals surface area (Å²) in [7, 11) is 0. The number of aliphatic hydroxyl groups is 1. The van der Waals surface area contributed by atoms with E-state index >= 15 is 0 Å². The number of halogens is 3. The lowest BCUT2D eigenvalue weighted by Crippen LogP contribution is -2.38. The molecule has 33 heavy (non-hydrogen) atoms. The van der Waals surface area contributed by atoms with E-state index in [-0.39, 0.29) is 23.3 Å². The number of amides is 1. The molecule has 2 fully saturated rings. The van der Waals surface area contributed by atoms with Crippen molar-refractivity contribution < 1.29 is 23.4 Å². The number of carbonyl (C=O) groups is 1. The number of hydrogen-bond acceptors (Lipinski definition) is 7. The highest BCUT2D eigenvalue weighted by molar-refractivity contribution is 6.20. The third kappa shape index (κ3) is 5.61. The van der Waals surface area contributed by atoms with E-state index in [1.165, 1.54) is 30.5 Å². The topological polar surface area (TPSA) is 111 Å². The Bertz CT molecular complexity index is 1060. The predicted molar refractivity (Wildman–Crippen MR) is 119 cm³/mol. The average Bonchev–Trinajstić information content (AvgIpc) is 3.18. The number of anilines is 3. The first-order valence-electron chi connectivity index (χ1n) is 10.5. The summed E-state index contributed by atoms with van der Waals surface area (Å²) < 4.78 is 29.7. The highest BCUT2D eigenvalue weighted by atomic mass is 35.5. The zero-order valence-corrected chi connectivity index (χ0v) is 18.2. The predicted octanol–water partition coefficient (Wildman–Crippen LogP) is 3.79. The smallest absolute Gasteiger partial charge is 0.420 e. The van der Waals surface area contributed by atoms with Crippen molar-refractivity contribution in [1.82, 2.24) is 4.98 Å². The Morgan fingerprint density at radius 2 is 2.06 bits per heavy atom. The maximum Gasteiger partial charge on any atom is 0.487 e. The molecule has 1 aliphatic carbocycles. The fourth-order valence-electron chi connectivity index (χ4n) is 3.84. The number of rotatable bonds is 7. The number of carbonyl (C=O) groups excluding carboxylic acids is 1. The third-order valence-corrected chi connectivity index (χ3v) is 5.80. The lowest BCUT2D eigenvalue weighted by molar-refractivity contribution is -0.0964. The number of benzene rings is 1. The summed E-state index contributed by atoms with van der Waals surface area (Å²) in [6.45, 7) is 1.08. The second-order valence-electron chi connectivity index (χ2n) is 8.07. The zero-order valence-electron chi connectivity index (χ0n) is 17.5. The molecule has 2 unspecified atom stereocenters. The zero-order chi connectivity index (χ0) is 23.6. The van der Waals surface area contributed by atoms with E-state index in [4.69, 9.17) is 11.6 Å². The normalized spacial score (nSPS) is 22.3. The van der Waals surface area contributed by atoms with E-state index in [1.54, 1.807) is 6.07 Å². The largest absolute Gasteiger partial charge is 0.487 e. The van der Waals surface area contributed by atoms with Crippen molar-refractivity contribution >= 4 is 34.7 Å². The van der Waals surface area contributed by atoms with Crippen LogP contribution in [0.5, 0.6) is 5.75 Å². The van der Waals surface area contributed by atoms with Gasteiger partial charge < -0.3 is 25.4 Å². The third-order valence-electron chi connectivity index (χ3n) is 5.72. The molecule has 1 amide bonds. The molecule has 2 aromatic rings. The van der Waals surface area contributed by atoms with E-state index in [2.05, 4.69) is 26.4 Å².